The lowest BCUT2D eigenvalue weighted by Crippen LogP contribution is -2.06. The molecule has 3 rings (SSSR count). The number of methoxy groups -OCH3 is 1. The molecule has 0 fully saturated rings. The van der Waals surface area contributed by atoms with Gasteiger partial charge in [0.25, 0.3) is 0 Å². The third-order valence-electron chi connectivity index (χ3n) is 3.39. The Labute approximate surface area is 128 Å². The highest BCUT2D eigenvalue weighted by molar-refractivity contribution is 7.15. The van der Waals surface area contributed by atoms with Crippen molar-refractivity contribution in [2.24, 2.45) is 0 Å². The smallest absolute Gasteiger partial charge is 0.124 e. The second-order valence-electron chi connectivity index (χ2n) is 4.91. The minimum absolute atomic E-state index is 0.557. The standard InChI is InChI=1S/C17H18N2OS/c1-18-10-16-15(11-20-2)19-17(21-16)14-8-7-12-5-3-4-6-13(12)9-14/h3-9,18H,10-11H2,1-2H3. The average Bonchev–Trinajstić information content (AvgIpc) is 2.91. The summed E-state index contributed by atoms with van der Waals surface area (Å²) in [6.45, 7) is 1.38. The van der Waals surface area contributed by atoms with E-state index < -0.39 is 0 Å². The fourth-order valence-electron chi connectivity index (χ4n) is 2.38. The van der Waals surface area contributed by atoms with Gasteiger partial charge in [0, 0.05) is 24.1 Å². The molecule has 108 valence electrons. The second kappa shape index (κ2) is 6.35. The van der Waals surface area contributed by atoms with E-state index in [0.29, 0.717) is 6.61 Å². The SMILES string of the molecule is CNCc1sc(-c2ccc3ccccc3c2)nc1COC. The van der Waals surface area contributed by atoms with E-state index in [1.165, 1.54) is 21.2 Å². The van der Waals surface area contributed by atoms with E-state index in [-0.39, 0.29) is 0 Å². The van der Waals surface area contributed by atoms with Gasteiger partial charge in [-0.25, -0.2) is 4.98 Å². The summed E-state index contributed by atoms with van der Waals surface area (Å²) in [5.41, 5.74) is 2.19. The largest absolute Gasteiger partial charge is 0.378 e. The quantitative estimate of drug-likeness (QED) is 0.777. The molecule has 1 N–H and O–H groups in total. The van der Waals surface area contributed by atoms with E-state index in [1.807, 2.05) is 7.05 Å². The summed E-state index contributed by atoms with van der Waals surface area (Å²) in [6.07, 6.45) is 0. The first kappa shape index (κ1) is 14.2. The number of hydrogen-bond acceptors (Lipinski definition) is 4. The van der Waals surface area contributed by atoms with Crippen molar-refractivity contribution in [2.75, 3.05) is 14.2 Å². The van der Waals surface area contributed by atoms with Crippen molar-refractivity contribution >= 4 is 22.1 Å². The van der Waals surface area contributed by atoms with Gasteiger partial charge < -0.3 is 10.1 Å². The summed E-state index contributed by atoms with van der Waals surface area (Å²) < 4.78 is 5.25. The Morgan fingerprint density at radius 2 is 1.95 bits per heavy atom. The molecule has 21 heavy (non-hydrogen) atoms. The molecule has 0 saturated carbocycles. The first-order valence-corrected chi connectivity index (χ1v) is 7.74. The molecule has 0 aliphatic carbocycles. The van der Waals surface area contributed by atoms with Crippen molar-refractivity contribution in [2.45, 2.75) is 13.2 Å². The molecule has 0 atom stereocenters. The van der Waals surface area contributed by atoms with Crippen LogP contribution in [-0.4, -0.2) is 19.1 Å². The van der Waals surface area contributed by atoms with Crippen LogP contribution in [0.25, 0.3) is 21.3 Å². The molecule has 1 heterocycles. The highest BCUT2D eigenvalue weighted by atomic mass is 32.1. The van der Waals surface area contributed by atoms with Gasteiger partial charge in [-0.1, -0.05) is 36.4 Å². The molecule has 1 aromatic heterocycles. The number of hydrogen-bond donors (Lipinski definition) is 1. The Kier molecular flexibility index (Phi) is 4.29. The minimum atomic E-state index is 0.557. The van der Waals surface area contributed by atoms with E-state index in [2.05, 4.69) is 47.8 Å². The highest BCUT2D eigenvalue weighted by Crippen LogP contribution is 2.30. The molecule has 4 heteroatoms. The van der Waals surface area contributed by atoms with Crippen molar-refractivity contribution in [3.8, 4) is 10.6 Å². The van der Waals surface area contributed by atoms with Crippen molar-refractivity contribution in [3.63, 3.8) is 0 Å². The van der Waals surface area contributed by atoms with Crippen molar-refractivity contribution < 1.29 is 4.74 Å². The van der Waals surface area contributed by atoms with Gasteiger partial charge in [0.1, 0.15) is 5.01 Å². The number of nitrogens with one attached hydrogen (secondary N) is 1. The summed E-state index contributed by atoms with van der Waals surface area (Å²) in [5.74, 6) is 0. The van der Waals surface area contributed by atoms with E-state index >= 15 is 0 Å². The first-order chi connectivity index (χ1) is 10.3. The van der Waals surface area contributed by atoms with Crippen LogP contribution < -0.4 is 5.32 Å². The predicted molar refractivity (Wildman–Crippen MR) is 88.5 cm³/mol. The molecule has 0 radical (unpaired) electrons. The maximum atomic E-state index is 5.25. The Bertz CT molecular complexity index is 728. The lowest BCUT2D eigenvalue weighted by Gasteiger charge is -2.00. The molecule has 3 nitrogen and oxygen atoms in total. The predicted octanol–water partition coefficient (Wildman–Crippen LogP) is 3.83. The van der Waals surface area contributed by atoms with Crippen LogP contribution in [0.3, 0.4) is 0 Å². The monoisotopic (exact) mass is 298 g/mol. The van der Waals surface area contributed by atoms with E-state index in [9.17, 15) is 0 Å². The zero-order chi connectivity index (χ0) is 14.7. The highest BCUT2D eigenvalue weighted by Gasteiger charge is 2.12. The number of aromatic nitrogens is 1. The maximum Gasteiger partial charge on any atom is 0.124 e. The van der Waals surface area contributed by atoms with E-state index in [4.69, 9.17) is 9.72 Å². The molecule has 2 aromatic carbocycles. The zero-order valence-electron chi connectivity index (χ0n) is 12.2. The van der Waals surface area contributed by atoms with Gasteiger partial charge in [-0.3, -0.25) is 0 Å². The average molecular weight is 298 g/mol. The summed E-state index contributed by atoms with van der Waals surface area (Å²) in [5, 5.41) is 6.74. The van der Waals surface area contributed by atoms with Crippen LogP contribution in [0.5, 0.6) is 0 Å². The fraction of sp³-hybridized carbons (Fsp3) is 0.235. The van der Waals surface area contributed by atoms with Crippen LogP contribution >= 0.6 is 11.3 Å². The van der Waals surface area contributed by atoms with Gasteiger partial charge in [-0.2, -0.15) is 0 Å². The van der Waals surface area contributed by atoms with Crippen molar-refractivity contribution in [1.29, 1.82) is 0 Å². The van der Waals surface area contributed by atoms with E-state index in [1.54, 1.807) is 18.4 Å². The third-order valence-corrected chi connectivity index (χ3v) is 4.54. The molecule has 0 spiro atoms. The molecule has 0 saturated heterocycles. The van der Waals surface area contributed by atoms with Crippen molar-refractivity contribution in [3.05, 3.63) is 53.0 Å². The third kappa shape index (κ3) is 2.97. The van der Waals surface area contributed by atoms with Gasteiger partial charge in [0.05, 0.1) is 12.3 Å². The van der Waals surface area contributed by atoms with Gasteiger partial charge in [-0.05, 0) is 23.9 Å². The summed E-state index contributed by atoms with van der Waals surface area (Å²) in [7, 11) is 3.66. The molecule has 3 aromatic rings. The van der Waals surface area contributed by atoms with E-state index in [0.717, 1.165) is 17.2 Å². The zero-order valence-corrected chi connectivity index (χ0v) is 13.0. The van der Waals surface area contributed by atoms with Gasteiger partial charge in [0.15, 0.2) is 0 Å². The maximum absolute atomic E-state index is 5.25. The Hall–Kier alpha value is -1.75. The minimum Gasteiger partial charge on any atom is -0.378 e. The van der Waals surface area contributed by atoms with Crippen LogP contribution in [0.15, 0.2) is 42.5 Å². The van der Waals surface area contributed by atoms with Gasteiger partial charge in [0.2, 0.25) is 0 Å². The molecule has 0 bridgehead atoms. The molecule has 0 aliphatic rings. The molecule has 0 aliphatic heterocycles. The molecule has 0 unspecified atom stereocenters. The van der Waals surface area contributed by atoms with Crippen LogP contribution in [0.4, 0.5) is 0 Å². The number of rotatable bonds is 5. The molecular weight excluding hydrogens is 280 g/mol. The number of ether oxygens (including phenoxy) is 1. The number of benzene rings is 2. The normalized spacial score (nSPS) is 11.1. The summed E-state index contributed by atoms with van der Waals surface area (Å²) >= 11 is 1.73. The molecule has 0 amide bonds. The summed E-state index contributed by atoms with van der Waals surface area (Å²) in [4.78, 5) is 5.99. The molecular formula is C17H18N2OS. The Balaban J connectivity index is 2.02. The van der Waals surface area contributed by atoms with Crippen LogP contribution in [0, 0.1) is 0 Å². The lowest BCUT2D eigenvalue weighted by molar-refractivity contribution is 0.181. The second-order valence-corrected chi connectivity index (χ2v) is 6.00. The van der Waals surface area contributed by atoms with Gasteiger partial charge in [-0.15, -0.1) is 11.3 Å². The fourth-order valence-corrected chi connectivity index (χ4v) is 3.45. The van der Waals surface area contributed by atoms with Crippen LogP contribution in [0.1, 0.15) is 10.6 Å². The summed E-state index contributed by atoms with van der Waals surface area (Å²) in [6, 6.07) is 14.9. The van der Waals surface area contributed by atoms with Crippen LogP contribution in [-0.2, 0) is 17.9 Å². The Morgan fingerprint density at radius 3 is 2.71 bits per heavy atom. The van der Waals surface area contributed by atoms with Crippen molar-refractivity contribution in [1.82, 2.24) is 10.3 Å². The number of fused-ring (bicyclic) bond motifs is 1. The number of thiazole rings is 1. The number of nitrogens with zero attached hydrogens (tertiary/aromatic N) is 1. The van der Waals surface area contributed by atoms with Crippen LogP contribution in [0.2, 0.25) is 0 Å². The topological polar surface area (TPSA) is 34.2 Å². The Morgan fingerprint density at radius 1 is 1.14 bits per heavy atom. The first-order valence-electron chi connectivity index (χ1n) is 6.93. The van der Waals surface area contributed by atoms with Gasteiger partial charge >= 0.3 is 0 Å². The lowest BCUT2D eigenvalue weighted by atomic mass is 10.1.